The van der Waals surface area contributed by atoms with Gasteiger partial charge in [0.15, 0.2) is 11.6 Å². The molecule has 0 amide bonds. The Kier molecular flexibility index (Phi) is 4.40. The molecule has 0 aliphatic heterocycles. The van der Waals surface area contributed by atoms with E-state index in [0.29, 0.717) is 5.56 Å². The van der Waals surface area contributed by atoms with Gasteiger partial charge in [0.2, 0.25) is 5.75 Å². The van der Waals surface area contributed by atoms with Crippen molar-refractivity contribution < 1.29 is 14.1 Å². The van der Waals surface area contributed by atoms with Gasteiger partial charge in [0.05, 0.1) is 4.92 Å². The molecule has 2 N–H and O–H groups in total. The maximum Gasteiger partial charge on any atom is 0.311 e. The predicted molar refractivity (Wildman–Crippen MR) is 77.2 cm³/mol. The number of ether oxygens (including phenoxy) is 1. The molecule has 0 unspecified atom stereocenters. The number of nitro groups is 1. The van der Waals surface area contributed by atoms with Gasteiger partial charge < -0.3 is 10.5 Å². The molecule has 2 rings (SSSR count). The fourth-order valence-corrected chi connectivity index (χ4v) is 1.88. The van der Waals surface area contributed by atoms with Gasteiger partial charge in [0, 0.05) is 23.2 Å². The molecule has 110 valence electrons. The molecule has 0 radical (unpaired) electrons. The summed E-state index contributed by atoms with van der Waals surface area (Å²) in [5.41, 5.74) is 5.96. The third kappa shape index (κ3) is 3.48. The van der Waals surface area contributed by atoms with Crippen LogP contribution in [0.3, 0.4) is 0 Å². The van der Waals surface area contributed by atoms with Crippen LogP contribution in [0, 0.1) is 15.9 Å². The van der Waals surface area contributed by atoms with Gasteiger partial charge in [-0.2, -0.15) is 0 Å². The minimum atomic E-state index is -0.654. The van der Waals surface area contributed by atoms with Gasteiger partial charge in [-0.15, -0.1) is 0 Å². The van der Waals surface area contributed by atoms with Crippen LogP contribution >= 0.6 is 11.6 Å². The fraction of sp³-hybridized carbons (Fsp3) is 0.143. The molecule has 0 saturated carbocycles. The first kappa shape index (κ1) is 15.2. The summed E-state index contributed by atoms with van der Waals surface area (Å²) in [6.45, 7) is 1.72. The Morgan fingerprint density at radius 2 is 2.00 bits per heavy atom. The first-order valence-corrected chi connectivity index (χ1v) is 6.43. The van der Waals surface area contributed by atoms with E-state index in [1.54, 1.807) is 13.0 Å². The van der Waals surface area contributed by atoms with E-state index in [1.165, 1.54) is 30.3 Å². The summed E-state index contributed by atoms with van der Waals surface area (Å²) in [6, 6.07) is 7.70. The quantitative estimate of drug-likeness (QED) is 0.678. The van der Waals surface area contributed by atoms with Crippen LogP contribution in [0.2, 0.25) is 5.02 Å². The van der Waals surface area contributed by atoms with Crippen molar-refractivity contribution in [1.82, 2.24) is 0 Å². The summed E-state index contributed by atoms with van der Waals surface area (Å²) in [5.74, 6) is -0.913. The third-order valence-corrected chi connectivity index (χ3v) is 3.06. The highest BCUT2D eigenvalue weighted by atomic mass is 35.5. The molecular formula is C14H12ClFN2O3. The molecule has 2 aromatic rings. The average molecular weight is 311 g/mol. The van der Waals surface area contributed by atoms with Crippen LogP contribution in [0.5, 0.6) is 11.5 Å². The van der Waals surface area contributed by atoms with Crippen molar-refractivity contribution in [3.05, 3.63) is 62.9 Å². The Labute approximate surface area is 125 Å². The Morgan fingerprint density at radius 1 is 1.29 bits per heavy atom. The molecule has 0 spiro atoms. The van der Waals surface area contributed by atoms with Crippen molar-refractivity contribution in [3.63, 3.8) is 0 Å². The van der Waals surface area contributed by atoms with Gasteiger partial charge in [-0.05, 0) is 30.7 Å². The van der Waals surface area contributed by atoms with E-state index < -0.39 is 10.7 Å². The minimum Gasteiger partial charge on any atom is -0.447 e. The first-order valence-electron chi connectivity index (χ1n) is 6.05. The second-order valence-corrected chi connectivity index (χ2v) is 4.89. The SMILES string of the molecule is C[C@@H](N)c1ccc(Oc2cc(Cl)ccc2[N+](=O)[O-])c(F)c1. The van der Waals surface area contributed by atoms with Crippen LogP contribution in [0.4, 0.5) is 10.1 Å². The van der Waals surface area contributed by atoms with Gasteiger partial charge in [-0.3, -0.25) is 10.1 Å². The van der Waals surface area contributed by atoms with Crippen molar-refractivity contribution in [2.45, 2.75) is 13.0 Å². The van der Waals surface area contributed by atoms with E-state index in [1.807, 2.05) is 0 Å². The van der Waals surface area contributed by atoms with Crippen LogP contribution in [0.1, 0.15) is 18.5 Å². The first-order chi connectivity index (χ1) is 9.88. The summed E-state index contributed by atoms with van der Waals surface area (Å²) in [4.78, 5) is 10.3. The van der Waals surface area contributed by atoms with Crippen LogP contribution in [0.25, 0.3) is 0 Å². The number of halogens is 2. The van der Waals surface area contributed by atoms with Gasteiger partial charge >= 0.3 is 5.69 Å². The lowest BCUT2D eigenvalue weighted by Gasteiger charge is -2.10. The minimum absolute atomic E-state index is 0.125. The van der Waals surface area contributed by atoms with Crippen LogP contribution in [0.15, 0.2) is 36.4 Å². The number of rotatable bonds is 4. The van der Waals surface area contributed by atoms with E-state index in [4.69, 9.17) is 22.1 Å². The van der Waals surface area contributed by atoms with E-state index in [9.17, 15) is 14.5 Å². The normalized spacial score (nSPS) is 12.0. The summed E-state index contributed by atoms with van der Waals surface area (Å²) >= 11 is 5.78. The lowest BCUT2D eigenvalue weighted by Crippen LogP contribution is -2.05. The van der Waals surface area contributed by atoms with E-state index in [0.717, 1.165) is 0 Å². The van der Waals surface area contributed by atoms with Gasteiger partial charge in [-0.25, -0.2) is 4.39 Å². The standard InChI is InChI=1S/C14H12ClFN2O3/c1-8(17)9-2-5-13(11(16)6-9)21-14-7-10(15)3-4-12(14)18(19)20/h2-8H,17H2,1H3/t8-/m1/s1. The lowest BCUT2D eigenvalue weighted by molar-refractivity contribution is -0.385. The van der Waals surface area contributed by atoms with Crippen LogP contribution < -0.4 is 10.5 Å². The van der Waals surface area contributed by atoms with Crippen molar-refractivity contribution in [1.29, 1.82) is 0 Å². The molecule has 21 heavy (non-hydrogen) atoms. The predicted octanol–water partition coefficient (Wildman–Crippen LogP) is 4.20. The maximum absolute atomic E-state index is 13.9. The van der Waals surface area contributed by atoms with E-state index in [-0.39, 0.29) is 28.3 Å². The zero-order valence-corrected chi connectivity index (χ0v) is 11.8. The molecule has 7 heteroatoms. The topological polar surface area (TPSA) is 78.4 Å². The highest BCUT2D eigenvalue weighted by Gasteiger charge is 2.18. The van der Waals surface area contributed by atoms with Gasteiger partial charge in [0.1, 0.15) is 0 Å². The number of hydrogen-bond acceptors (Lipinski definition) is 4. The lowest BCUT2D eigenvalue weighted by atomic mass is 10.1. The zero-order valence-electron chi connectivity index (χ0n) is 11.0. The van der Waals surface area contributed by atoms with Gasteiger partial charge in [-0.1, -0.05) is 17.7 Å². The van der Waals surface area contributed by atoms with Crippen molar-refractivity contribution in [3.8, 4) is 11.5 Å². The zero-order chi connectivity index (χ0) is 15.6. The number of nitrogens with zero attached hydrogens (tertiary/aromatic N) is 1. The van der Waals surface area contributed by atoms with Crippen LogP contribution in [-0.4, -0.2) is 4.92 Å². The Balaban J connectivity index is 2.38. The molecule has 0 saturated heterocycles. The summed E-state index contributed by atoms with van der Waals surface area (Å²) in [7, 11) is 0. The molecular weight excluding hydrogens is 299 g/mol. The molecule has 0 bridgehead atoms. The number of benzene rings is 2. The summed E-state index contributed by atoms with van der Waals surface area (Å²) < 4.78 is 19.2. The molecule has 0 aliphatic carbocycles. The maximum atomic E-state index is 13.9. The number of nitro benzene ring substituents is 1. The Hall–Kier alpha value is -2.18. The molecule has 0 aromatic heterocycles. The number of nitrogens with two attached hydrogens (primary N) is 1. The summed E-state index contributed by atoms with van der Waals surface area (Å²) in [5, 5.41) is 11.2. The molecule has 0 aliphatic rings. The monoisotopic (exact) mass is 310 g/mol. The van der Waals surface area contributed by atoms with E-state index in [2.05, 4.69) is 0 Å². The molecule has 2 aromatic carbocycles. The fourth-order valence-electron chi connectivity index (χ4n) is 1.72. The molecule has 1 atom stereocenters. The van der Waals surface area contributed by atoms with Gasteiger partial charge in [0.25, 0.3) is 0 Å². The molecule has 0 fully saturated rings. The number of hydrogen-bond donors (Lipinski definition) is 1. The van der Waals surface area contributed by atoms with Crippen LogP contribution in [-0.2, 0) is 0 Å². The highest BCUT2D eigenvalue weighted by Crippen LogP contribution is 2.35. The van der Waals surface area contributed by atoms with Crippen molar-refractivity contribution >= 4 is 17.3 Å². The Morgan fingerprint density at radius 3 is 2.57 bits per heavy atom. The second-order valence-electron chi connectivity index (χ2n) is 4.45. The smallest absolute Gasteiger partial charge is 0.311 e. The largest absolute Gasteiger partial charge is 0.447 e. The third-order valence-electron chi connectivity index (χ3n) is 2.82. The molecule has 0 heterocycles. The highest BCUT2D eigenvalue weighted by molar-refractivity contribution is 6.30. The Bertz CT molecular complexity index is 692. The average Bonchev–Trinajstić information content (AvgIpc) is 2.40. The van der Waals surface area contributed by atoms with E-state index >= 15 is 0 Å². The molecule has 5 nitrogen and oxygen atoms in total. The van der Waals surface area contributed by atoms with Crippen molar-refractivity contribution in [2.75, 3.05) is 0 Å². The summed E-state index contributed by atoms with van der Waals surface area (Å²) in [6.07, 6.45) is 0. The van der Waals surface area contributed by atoms with Crippen molar-refractivity contribution in [2.24, 2.45) is 5.73 Å². The second kappa shape index (κ2) is 6.07.